The number of nitrogen functional groups attached to an aromatic ring is 1. The highest BCUT2D eigenvalue weighted by molar-refractivity contribution is 5.70. The Hall–Kier alpha value is -2.00. The minimum Gasteiger partial charge on any atom is -0.466 e. The molecule has 124 valence electrons. The molecule has 0 bridgehead atoms. The molecule has 2 atom stereocenters. The topological polar surface area (TPSA) is 102 Å². The molecule has 0 heterocycles. The summed E-state index contributed by atoms with van der Waals surface area (Å²) in [6.07, 6.45) is -8.59. The van der Waals surface area contributed by atoms with E-state index in [-0.39, 0.29) is 17.9 Å². The predicted octanol–water partition coefficient (Wildman–Crippen LogP) is 1.51. The first-order chi connectivity index (χ1) is 10.1. The van der Waals surface area contributed by atoms with Gasteiger partial charge in [-0.15, -0.1) is 13.2 Å². The number of ether oxygens (including phenoxy) is 2. The van der Waals surface area contributed by atoms with Gasteiger partial charge in [0.05, 0.1) is 24.8 Å². The van der Waals surface area contributed by atoms with Crippen LogP contribution < -0.4 is 10.5 Å². The van der Waals surface area contributed by atoms with Gasteiger partial charge in [0, 0.05) is 0 Å². The summed E-state index contributed by atoms with van der Waals surface area (Å²) < 4.78 is 45.0. The lowest BCUT2D eigenvalue weighted by molar-refractivity contribution is -0.274. The van der Waals surface area contributed by atoms with Crippen LogP contribution in [0.1, 0.15) is 25.0 Å². The molecule has 0 aliphatic rings. The van der Waals surface area contributed by atoms with Crippen molar-refractivity contribution < 1.29 is 37.7 Å². The standard InChI is InChI=1S/C13H16F3NO5/c1-2-21-11(19)6-9(18)12(20)7-3-4-8(17)10(5-7)22-13(14,15)16/h3-5,9,12,18,20H,2,6,17H2,1H3. The van der Waals surface area contributed by atoms with Crippen molar-refractivity contribution in [3.8, 4) is 5.75 Å². The number of hydrogen-bond donors (Lipinski definition) is 3. The highest BCUT2D eigenvalue weighted by Gasteiger charge is 2.32. The van der Waals surface area contributed by atoms with Crippen LogP contribution in [0.15, 0.2) is 18.2 Å². The zero-order valence-electron chi connectivity index (χ0n) is 11.6. The van der Waals surface area contributed by atoms with Crippen LogP contribution in [0, 0.1) is 0 Å². The number of aliphatic hydroxyl groups excluding tert-OH is 2. The van der Waals surface area contributed by atoms with Crippen LogP contribution in [0.3, 0.4) is 0 Å². The molecule has 22 heavy (non-hydrogen) atoms. The molecule has 1 aromatic rings. The average Bonchev–Trinajstić information content (AvgIpc) is 2.39. The van der Waals surface area contributed by atoms with Gasteiger partial charge in [0.25, 0.3) is 0 Å². The Balaban J connectivity index is 2.87. The molecule has 0 aromatic heterocycles. The van der Waals surface area contributed by atoms with Crippen LogP contribution in [-0.4, -0.2) is 35.3 Å². The van der Waals surface area contributed by atoms with E-state index in [4.69, 9.17) is 5.73 Å². The van der Waals surface area contributed by atoms with Gasteiger partial charge in [0.1, 0.15) is 6.10 Å². The van der Waals surface area contributed by atoms with E-state index in [0.29, 0.717) is 0 Å². The second-order valence-corrected chi connectivity index (χ2v) is 4.37. The summed E-state index contributed by atoms with van der Waals surface area (Å²) in [5.74, 6) is -1.44. The number of esters is 1. The van der Waals surface area contributed by atoms with E-state index >= 15 is 0 Å². The van der Waals surface area contributed by atoms with E-state index in [1.165, 1.54) is 6.07 Å². The SMILES string of the molecule is CCOC(=O)CC(O)C(O)c1ccc(N)c(OC(F)(F)F)c1. The number of rotatable bonds is 6. The van der Waals surface area contributed by atoms with Gasteiger partial charge in [-0.25, -0.2) is 0 Å². The summed E-state index contributed by atoms with van der Waals surface area (Å²) >= 11 is 0. The van der Waals surface area contributed by atoms with Crippen LogP contribution in [0.4, 0.5) is 18.9 Å². The molecule has 0 radical (unpaired) electrons. The lowest BCUT2D eigenvalue weighted by Crippen LogP contribution is -2.23. The number of carbonyl (C=O) groups excluding carboxylic acids is 1. The second-order valence-electron chi connectivity index (χ2n) is 4.37. The molecule has 0 fully saturated rings. The third kappa shape index (κ3) is 5.41. The largest absolute Gasteiger partial charge is 0.573 e. The summed E-state index contributed by atoms with van der Waals surface area (Å²) in [5, 5.41) is 19.6. The van der Waals surface area contributed by atoms with Gasteiger partial charge in [0.15, 0.2) is 5.75 Å². The summed E-state index contributed by atoms with van der Waals surface area (Å²) in [7, 11) is 0. The zero-order valence-corrected chi connectivity index (χ0v) is 11.6. The number of anilines is 1. The van der Waals surface area contributed by atoms with Gasteiger partial charge in [-0.1, -0.05) is 6.07 Å². The smallest absolute Gasteiger partial charge is 0.466 e. The Kier molecular flexibility index (Phi) is 6.01. The fraction of sp³-hybridized carbons (Fsp3) is 0.462. The van der Waals surface area contributed by atoms with Gasteiger partial charge in [-0.05, 0) is 24.6 Å². The van der Waals surface area contributed by atoms with Gasteiger partial charge >= 0.3 is 12.3 Å². The summed E-state index contributed by atoms with van der Waals surface area (Å²) in [4.78, 5) is 11.2. The van der Waals surface area contributed by atoms with Crippen molar-refractivity contribution in [1.29, 1.82) is 0 Å². The zero-order chi connectivity index (χ0) is 16.9. The normalized spacial score (nSPS) is 14.3. The van der Waals surface area contributed by atoms with Crippen molar-refractivity contribution in [2.45, 2.75) is 31.9 Å². The van der Waals surface area contributed by atoms with E-state index in [0.717, 1.165) is 12.1 Å². The monoisotopic (exact) mass is 323 g/mol. The Labute approximate surface area is 124 Å². The van der Waals surface area contributed by atoms with Crippen LogP contribution in [0.25, 0.3) is 0 Å². The summed E-state index contributed by atoms with van der Waals surface area (Å²) in [6.45, 7) is 1.68. The van der Waals surface area contributed by atoms with Crippen molar-refractivity contribution in [3.63, 3.8) is 0 Å². The van der Waals surface area contributed by atoms with E-state index in [1.54, 1.807) is 6.92 Å². The fourth-order valence-electron chi connectivity index (χ4n) is 1.67. The molecule has 1 rings (SSSR count). The molecule has 4 N–H and O–H groups in total. The Morgan fingerprint density at radius 2 is 2.00 bits per heavy atom. The molecule has 0 aliphatic carbocycles. The Morgan fingerprint density at radius 3 is 2.55 bits per heavy atom. The van der Waals surface area contributed by atoms with Crippen molar-refractivity contribution in [3.05, 3.63) is 23.8 Å². The summed E-state index contributed by atoms with van der Waals surface area (Å²) in [5.41, 5.74) is 4.99. The van der Waals surface area contributed by atoms with Crippen molar-refractivity contribution in [2.75, 3.05) is 12.3 Å². The number of hydrogen-bond acceptors (Lipinski definition) is 6. The molecule has 0 spiro atoms. The van der Waals surface area contributed by atoms with Crippen molar-refractivity contribution in [2.24, 2.45) is 0 Å². The van der Waals surface area contributed by atoms with Crippen LogP contribution in [0.5, 0.6) is 5.75 Å². The number of aliphatic hydroxyl groups is 2. The first kappa shape index (κ1) is 18.1. The highest BCUT2D eigenvalue weighted by atomic mass is 19.4. The minimum absolute atomic E-state index is 0.0785. The first-order valence-electron chi connectivity index (χ1n) is 6.31. The Morgan fingerprint density at radius 1 is 1.36 bits per heavy atom. The number of halogens is 3. The molecule has 0 amide bonds. The summed E-state index contributed by atoms with van der Waals surface area (Å²) in [6, 6.07) is 3.16. The molecule has 0 saturated carbocycles. The molecule has 9 heteroatoms. The van der Waals surface area contributed by atoms with E-state index in [2.05, 4.69) is 9.47 Å². The van der Waals surface area contributed by atoms with Gasteiger partial charge in [-0.3, -0.25) is 4.79 Å². The number of alkyl halides is 3. The van der Waals surface area contributed by atoms with E-state index in [1.807, 2.05) is 0 Å². The van der Waals surface area contributed by atoms with Crippen LogP contribution in [0.2, 0.25) is 0 Å². The van der Waals surface area contributed by atoms with Gasteiger partial charge in [0.2, 0.25) is 0 Å². The van der Waals surface area contributed by atoms with Gasteiger partial charge < -0.3 is 25.4 Å². The lowest BCUT2D eigenvalue weighted by Gasteiger charge is -2.19. The number of nitrogens with two attached hydrogens (primary N) is 1. The molecular formula is C13H16F3NO5. The maximum absolute atomic E-state index is 12.2. The van der Waals surface area contributed by atoms with Gasteiger partial charge in [-0.2, -0.15) is 0 Å². The van der Waals surface area contributed by atoms with Crippen LogP contribution in [-0.2, 0) is 9.53 Å². The third-order valence-electron chi connectivity index (χ3n) is 2.65. The van der Waals surface area contributed by atoms with Crippen molar-refractivity contribution >= 4 is 11.7 Å². The molecule has 2 unspecified atom stereocenters. The molecule has 0 aliphatic heterocycles. The number of benzene rings is 1. The molecular weight excluding hydrogens is 307 g/mol. The molecule has 0 saturated heterocycles. The predicted molar refractivity (Wildman–Crippen MR) is 69.8 cm³/mol. The maximum atomic E-state index is 12.2. The fourth-order valence-corrected chi connectivity index (χ4v) is 1.67. The third-order valence-corrected chi connectivity index (χ3v) is 2.65. The lowest BCUT2D eigenvalue weighted by atomic mass is 10.0. The average molecular weight is 323 g/mol. The maximum Gasteiger partial charge on any atom is 0.573 e. The minimum atomic E-state index is -4.94. The van der Waals surface area contributed by atoms with E-state index in [9.17, 15) is 28.2 Å². The quantitative estimate of drug-likeness (QED) is 0.542. The first-order valence-corrected chi connectivity index (χ1v) is 6.31. The highest BCUT2D eigenvalue weighted by Crippen LogP contribution is 2.32. The molecule has 6 nitrogen and oxygen atoms in total. The van der Waals surface area contributed by atoms with E-state index < -0.39 is 36.7 Å². The number of carbonyl (C=O) groups is 1. The van der Waals surface area contributed by atoms with Crippen LogP contribution >= 0.6 is 0 Å². The molecule has 1 aromatic carbocycles. The second kappa shape index (κ2) is 7.32. The Bertz CT molecular complexity index is 521. The van der Waals surface area contributed by atoms with Crippen molar-refractivity contribution in [1.82, 2.24) is 0 Å².